The average Bonchev–Trinajstić information content (AvgIpc) is 3.63. The molecule has 3 unspecified atom stereocenters. The number of carbonyl (C=O) groups is 2. The minimum Gasteiger partial charge on any atom is -0.445 e. The molecule has 0 spiro atoms. The summed E-state index contributed by atoms with van der Waals surface area (Å²) in [6.45, 7) is 4.33. The standard InChI is InChI=1S/C32H32N2O3/c1-22(30(35)33-27-18-17-24-13-9-10-16-26(24)19-27)28-20-32(28,2)29(25-14-7-4-8-15-25)34-31(36)37-21-23-11-5-3-6-12-23/h3-19,22,28-29H,20-21H2,1-2H3,(H,33,35)(H,34,36)/t22?,28?,29?,32-/m0/s1. The third-order valence-corrected chi connectivity index (χ3v) is 7.65. The number of rotatable bonds is 8. The molecule has 0 aliphatic heterocycles. The maximum atomic E-state index is 13.2. The summed E-state index contributed by atoms with van der Waals surface area (Å²) in [6.07, 6.45) is 0.371. The van der Waals surface area contributed by atoms with Crippen molar-refractivity contribution in [1.82, 2.24) is 5.32 Å². The second kappa shape index (κ2) is 10.5. The number of hydrogen-bond donors (Lipinski definition) is 2. The van der Waals surface area contributed by atoms with Gasteiger partial charge in [-0.15, -0.1) is 0 Å². The summed E-state index contributed by atoms with van der Waals surface area (Å²) in [6, 6.07) is 33.3. The van der Waals surface area contributed by atoms with E-state index in [1.807, 2.05) is 104 Å². The van der Waals surface area contributed by atoms with Crippen LogP contribution in [0.1, 0.15) is 37.4 Å². The summed E-state index contributed by atoms with van der Waals surface area (Å²) in [5.41, 5.74) is 2.46. The predicted octanol–water partition coefficient (Wildman–Crippen LogP) is 7.11. The van der Waals surface area contributed by atoms with E-state index in [1.165, 1.54) is 0 Å². The molecule has 1 aliphatic carbocycles. The van der Waals surface area contributed by atoms with Gasteiger partial charge in [-0.1, -0.05) is 105 Å². The lowest BCUT2D eigenvalue weighted by Gasteiger charge is -2.28. The van der Waals surface area contributed by atoms with Crippen LogP contribution in [0.3, 0.4) is 0 Å². The lowest BCUT2D eigenvalue weighted by Crippen LogP contribution is -2.36. The van der Waals surface area contributed by atoms with Crippen LogP contribution in [0.15, 0.2) is 103 Å². The maximum absolute atomic E-state index is 13.2. The first-order valence-corrected chi connectivity index (χ1v) is 12.8. The van der Waals surface area contributed by atoms with Crippen LogP contribution in [0.2, 0.25) is 0 Å². The number of carbonyl (C=O) groups excluding carboxylic acids is 2. The molecule has 4 aromatic carbocycles. The zero-order chi connectivity index (χ0) is 25.8. The van der Waals surface area contributed by atoms with Gasteiger partial charge in [0.2, 0.25) is 5.91 Å². The summed E-state index contributed by atoms with van der Waals surface area (Å²) in [7, 11) is 0. The highest BCUT2D eigenvalue weighted by Crippen LogP contribution is 2.63. The van der Waals surface area contributed by atoms with Crippen molar-refractivity contribution in [3.8, 4) is 0 Å². The molecule has 4 atom stereocenters. The van der Waals surface area contributed by atoms with E-state index in [9.17, 15) is 9.59 Å². The van der Waals surface area contributed by atoms with E-state index in [4.69, 9.17) is 4.74 Å². The van der Waals surface area contributed by atoms with Crippen LogP contribution < -0.4 is 10.6 Å². The Morgan fingerprint density at radius 2 is 1.54 bits per heavy atom. The van der Waals surface area contributed by atoms with Crippen LogP contribution in [0.4, 0.5) is 10.5 Å². The maximum Gasteiger partial charge on any atom is 0.407 e. The van der Waals surface area contributed by atoms with Crippen molar-refractivity contribution in [2.45, 2.75) is 32.9 Å². The smallest absolute Gasteiger partial charge is 0.407 e. The number of alkyl carbamates (subject to hydrolysis) is 1. The summed E-state index contributed by atoms with van der Waals surface area (Å²) in [4.78, 5) is 26.1. The Bertz CT molecular complexity index is 1390. The molecular weight excluding hydrogens is 460 g/mol. The number of benzene rings is 4. The van der Waals surface area contributed by atoms with Gasteiger partial charge in [0.1, 0.15) is 6.61 Å². The monoisotopic (exact) mass is 492 g/mol. The molecule has 37 heavy (non-hydrogen) atoms. The third-order valence-electron chi connectivity index (χ3n) is 7.65. The van der Waals surface area contributed by atoms with Gasteiger partial charge >= 0.3 is 6.09 Å². The molecule has 1 fully saturated rings. The van der Waals surface area contributed by atoms with Gasteiger partial charge in [-0.25, -0.2) is 4.79 Å². The zero-order valence-corrected chi connectivity index (χ0v) is 21.2. The molecule has 2 N–H and O–H groups in total. The SMILES string of the molecule is CC(C(=O)Nc1ccc2ccccc2c1)C1C[C@]1(C)C(NC(=O)OCc1ccccc1)c1ccccc1. The molecule has 0 bridgehead atoms. The van der Waals surface area contributed by atoms with Crippen molar-refractivity contribution < 1.29 is 14.3 Å². The van der Waals surface area contributed by atoms with Gasteiger partial charge in [0.25, 0.3) is 0 Å². The van der Waals surface area contributed by atoms with Gasteiger partial charge in [0.05, 0.1) is 6.04 Å². The molecule has 2 amide bonds. The normalized spacial score (nSPS) is 20.0. The Kier molecular flexibility index (Phi) is 6.95. The Balaban J connectivity index is 1.27. The molecule has 1 saturated carbocycles. The highest BCUT2D eigenvalue weighted by atomic mass is 16.5. The molecule has 5 heteroatoms. The molecule has 0 saturated heterocycles. The predicted molar refractivity (Wildman–Crippen MR) is 147 cm³/mol. The number of anilines is 1. The van der Waals surface area contributed by atoms with Crippen molar-refractivity contribution in [2.75, 3.05) is 5.32 Å². The highest BCUT2D eigenvalue weighted by Gasteiger charge is 2.59. The molecule has 0 heterocycles. The summed E-state index contributed by atoms with van der Waals surface area (Å²) < 4.78 is 5.53. The van der Waals surface area contributed by atoms with Crippen molar-refractivity contribution in [1.29, 1.82) is 0 Å². The largest absolute Gasteiger partial charge is 0.445 e. The van der Waals surface area contributed by atoms with Crippen LogP contribution in [0, 0.1) is 17.3 Å². The lowest BCUT2D eigenvalue weighted by atomic mass is 9.86. The Morgan fingerprint density at radius 3 is 2.27 bits per heavy atom. The number of hydrogen-bond acceptors (Lipinski definition) is 3. The molecule has 188 valence electrons. The van der Waals surface area contributed by atoms with E-state index >= 15 is 0 Å². The van der Waals surface area contributed by atoms with Crippen molar-refractivity contribution in [3.05, 3.63) is 114 Å². The van der Waals surface area contributed by atoms with Crippen LogP contribution in [0.5, 0.6) is 0 Å². The fraction of sp³-hybridized carbons (Fsp3) is 0.250. The van der Waals surface area contributed by atoms with Crippen LogP contribution >= 0.6 is 0 Å². The van der Waals surface area contributed by atoms with E-state index in [0.29, 0.717) is 0 Å². The number of fused-ring (bicyclic) bond motifs is 1. The summed E-state index contributed by atoms with van der Waals surface area (Å²) in [5.74, 6) is -0.111. The van der Waals surface area contributed by atoms with Gasteiger partial charge in [-0.2, -0.15) is 0 Å². The minimum absolute atomic E-state index is 0.0116. The average molecular weight is 493 g/mol. The molecule has 5 nitrogen and oxygen atoms in total. The first kappa shape index (κ1) is 24.6. The molecule has 0 aromatic heterocycles. The van der Waals surface area contributed by atoms with Gasteiger partial charge < -0.3 is 15.4 Å². The second-order valence-electron chi connectivity index (χ2n) is 10.2. The summed E-state index contributed by atoms with van der Waals surface area (Å²) >= 11 is 0. The first-order chi connectivity index (χ1) is 17.9. The van der Waals surface area contributed by atoms with Crippen molar-refractivity contribution in [3.63, 3.8) is 0 Å². The topological polar surface area (TPSA) is 67.4 Å². The molecule has 5 rings (SSSR count). The molecule has 1 aliphatic rings. The Morgan fingerprint density at radius 1 is 0.892 bits per heavy atom. The van der Waals surface area contributed by atoms with Crippen LogP contribution in [-0.4, -0.2) is 12.0 Å². The van der Waals surface area contributed by atoms with E-state index < -0.39 is 6.09 Å². The Hall–Kier alpha value is -4.12. The van der Waals surface area contributed by atoms with Gasteiger partial charge in [0, 0.05) is 11.6 Å². The van der Waals surface area contributed by atoms with Gasteiger partial charge in [-0.3, -0.25) is 4.79 Å². The fourth-order valence-electron chi connectivity index (χ4n) is 5.36. The van der Waals surface area contributed by atoms with Crippen molar-refractivity contribution >= 4 is 28.5 Å². The van der Waals surface area contributed by atoms with E-state index in [0.717, 1.165) is 34.0 Å². The van der Waals surface area contributed by atoms with Crippen LogP contribution in [0.25, 0.3) is 10.8 Å². The Labute approximate surface area is 217 Å². The van der Waals surface area contributed by atoms with Crippen molar-refractivity contribution in [2.24, 2.45) is 17.3 Å². The third kappa shape index (κ3) is 5.51. The van der Waals surface area contributed by atoms with Gasteiger partial charge in [-0.05, 0) is 51.8 Å². The highest BCUT2D eigenvalue weighted by molar-refractivity contribution is 5.95. The molecular formula is C32H32N2O3. The first-order valence-electron chi connectivity index (χ1n) is 12.8. The van der Waals surface area contributed by atoms with E-state index in [2.05, 4.69) is 23.6 Å². The zero-order valence-electron chi connectivity index (χ0n) is 21.2. The second-order valence-corrected chi connectivity index (χ2v) is 10.2. The summed E-state index contributed by atoms with van der Waals surface area (Å²) in [5, 5.41) is 8.43. The fourth-order valence-corrected chi connectivity index (χ4v) is 5.36. The lowest BCUT2D eigenvalue weighted by molar-refractivity contribution is -0.120. The molecule has 4 aromatic rings. The van der Waals surface area contributed by atoms with Gasteiger partial charge in [0.15, 0.2) is 0 Å². The van der Waals surface area contributed by atoms with E-state index in [-0.39, 0.29) is 35.8 Å². The number of ether oxygens (including phenoxy) is 1. The number of nitrogens with one attached hydrogen (secondary N) is 2. The van der Waals surface area contributed by atoms with Crippen LogP contribution in [-0.2, 0) is 16.1 Å². The molecule has 0 radical (unpaired) electrons. The quantitative estimate of drug-likeness (QED) is 0.275. The van der Waals surface area contributed by atoms with E-state index in [1.54, 1.807) is 0 Å². The number of amides is 2. The minimum atomic E-state index is -0.460.